The molecule has 204 valence electrons. The third-order valence-corrected chi connectivity index (χ3v) is 7.78. The lowest BCUT2D eigenvalue weighted by molar-refractivity contribution is -0.138. The van der Waals surface area contributed by atoms with E-state index in [2.05, 4.69) is 25.0 Å². The highest BCUT2D eigenvalue weighted by atomic mass is 32.2. The summed E-state index contributed by atoms with van der Waals surface area (Å²) in [4.78, 5) is 24.6. The molecule has 40 heavy (non-hydrogen) atoms. The Morgan fingerprint density at radius 2 is 1.68 bits per heavy atom. The number of hydrogen-bond acceptors (Lipinski definition) is 8. The lowest BCUT2D eigenvalue weighted by Gasteiger charge is -2.17. The maximum absolute atomic E-state index is 13.8. The third kappa shape index (κ3) is 6.74. The molecule has 0 fully saturated rings. The summed E-state index contributed by atoms with van der Waals surface area (Å²) in [6, 6.07) is 17.3. The van der Waals surface area contributed by atoms with E-state index in [0.29, 0.717) is 17.3 Å². The normalized spacial score (nSPS) is 12.3. The third-order valence-electron chi connectivity index (χ3n) is 5.35. The van der Waals surface area contributed by atoms with E-state index in [1.54, 1.807) is 36.4 Å². The van der Waals surface area contributed by atoms with Gasteiger partial charge >= 0.3 is 6.18 Å². The standard InChI is InChI=1S/C26H19F3N6O3S2/c1-16(23(36)33-18-8-10-19(11-9-18)40(37,38)35-25-31-12-5-13-32-25)39-24-20(15-30)21(26(27,28)29)14-22(34-24)17-6-3-2-4-7-17/h2-14,16H,1H3,(H,33,36)(H,31,32,35). The van der Waals surface area contributed by atoms with E-state index in [1.807, 2.05) is 0 Å². The summed E-state index contributed by atoms with van der Waals surface area (Å²) in [6.07, 6.45) is -2.07. The summed E-state index contributed by atoms with van der Waals surface area (Å²) in [5.74, 6) is -0.707. The molecule has 0 saturated heterocycles. The van der Waals surface area contributed by atoms with Crippen LogP contribution in [0.25, 0.3) is 11.3 Å². The maximum atomic E-state index is 13.8. The second-order valence-electron chi connectivity index (χ2n) is 8.16. The first-order valence-electron chi connectivity index (χ1n) is 11.4. The molecule has 4 aromatic rings. The number of sulfonamides is 1. The average molecular weight is 585 g/mol. The van der Waals surface area contributed by atoms with Crippen molar-refractivity contribution in [1.82, 2.24) is 15.0 Å². The number of pyridine rings is 1. The number of hydrogen-bond donors (Lipinski definition) is 2. The number of halogens is 3. The number of benzene rings is 2. The molecule has 2 aromatic heterocycles. The van der Waals surface area contributed by atoms with Gasteiger partial charge in [0.1, 0.15) is 11.1 Å². The zero-order valence-corrected chi connectivity index (χ0v) is 22.2. The van der Waals surface area contributed by atoms with E-state index in [9.17, 15) is 31.6 Å². The van der Waals surface area contributed by atoms with Gasteiger partial charge in [0.15, 0.2) is 0 Å². The fourth-order valence-corrected chi connectivity index (χ4v) is 5.29. The zero-order valence-electron chi connectivity index (χ0n) is 20.5. The molecular formula is C26H19F3N6O3S2. The fourth-order valence-electron chi connectivity index (χ4n) is 3.41. The Labute approximate surface area is 231 Å². The summed E-state index contributed by atoms with van der Waals surface area (Å²) in [5.41, 5.74) is -1.16. The molecule has 0 aliphatic rings. The number of nitrogens with one attached hydrogen (secondary N) is 2. The predicted octanol–water partition coefficient (Wildman–Crippen LogP) is 5.35. The molecule has 1 atom stereocenters. The number of anilines is 2. The molecule has 14 heteroatoms. The monoisotopic (exact) mass is 584 g/mol. The van der Waals surface area contributed by atoms with Crippen molar-refractivity contribution < 1.29 is 26.4 Å². The molecule has 0 saturated carbocycles. The van der Waals surface area contributed by atoms with Gasteiger partial charge in [-0.2, -0.15) is 18.4 Å². The predicted molar refractivity (Wildman–Crippen MR) is 143 cm³/mol. The minimum Gasteiger partial charge on any atom is -0.325 e. The van der Waals surface area contributed by atoms with Gasteiger partial charge in [-0.15, -0.1) is 0 Å². The second-order valence-corrected chi connectivity index (χ2v) is 11.2. The minimum absolute atomic E-state index is 0.00773. The molecular weight excluding hydrogens is 565 g/mol. The van der Waals surface area contributed by atoms with E-state index in [0.717, 1.165) is 6.07 Å². The molecule has 0 aliphatic carbocycles. The van der Waals surface area contributed by atoms with E-state index >= 15 is 0 Å². The molecule has 0 spiro atoms. The summed E-state index contributed by atoms with van der Waals surface area (Å²) in [6.45, 7) is 1.45. The van der Waals surface area contributed by atoms with E-state index in [1.165, 1.54) is 49.6 Å². The highest BCUT2D eigenvalue weighted by molar-refractivity contribution is 8.00. The van der Waals surface area contributed by atoms with E-state index in [4.69, 9.17) is 0 Å². The van der Waals surface area contributed by atoms with Gasteiger partial charge in [0.05, 0.1) is 27.0 Å². The van der Waals surface area contributed by atoms with Crippen molar-refractivity contribution in [3.05, 3.63) is 90.3 Å². The quantitative estimate of drug-likeness (QED) is 0.265. The van der Waals surface area contributed by atoms with Crippen molar-refractivity contribution in [2.75, 3.05) is 10.0 Å². The molecule has 9 nitrogen and oxygen atoms in total. The van der Waals surface area contributed by atoms with Crippen LogP contribution >= 0.6 is 11.8 Å². The Morgan fingerprint density at radius 3 is 2.27 bits per heavy atom. The Bertz CT molecular complexity index is 1660. The highest BCUT2D eigenvalue weighted by Gasteiger charge is 2.36. The minimum atomic E-state index is -4.82. The molecule has 1 unspecified atom stereocenters. The van der Waals surface area contributed by atoms with Gasteiger partial charge < -0.3 is 5.32 Å². The van der Waals surface area contributed by atoms with Crippen molar-refractivity contribution >= 4 is 39.3 Å². The van der Waals surface area contributed by atoms with Gasteiger partial charge in [-0.25, -0.2) is 28.1 Å². The first kappa shape index (κ1) is 28.5. The molecule has 2 heterocycles. The molecule has 2 N–H and O–H groups in total. The lowest BCUT2D eigenvalue weighted by atomic mass is 10.1. The lowest BCUT2D eigenvalue weighted by Crippen LogP contribution is -2.23. The van der Waals surface area contributed by atoms with Gasteiger partial charge in [0, 0.05) is 23.6 Å². The number of alkyl halides is 3. The van der Waals surface area contributed by atoms with Crippen LogP contribution in [0, 0.1) is 11.3 Å². The topological polar surface area (TPSA) is 138 Å². The molecule has 4 rings (SSSR count). The number of amides is 1. The summed E-state index contributed by atoms with van der Waals surface area (Å²) in [7, 11) is -3.99. The smallest absolute Gasteiger partial charge is 0.325 e. The molecule has 2 aromatic carbocycles. The van der Waals surface area contributed by atoms with Gasteiger partial charge in [0.2, 0.25) is 11.9 Å². The highest BCUT2D eigenvalue weighted by Crippen LogP contribution is 2.39. The fraction of sp³-hybridized carbons (Fsp3) is 0.115. The number of rotatable bonds is 8. The first-order valence-corrected chi connectivity index (χ1v) is 13.8. The van der Waals surface area contributed by atoms with Crippen LogP contribution in [0.4, 0.5) is 24.8 Å². The van der Waals surface area contributed by atoms with Gasteiger partial charge in [-0.05, 0) is 43.3 Å². The maximum Gasteiger partial charge on any atom is 0.417 e. The zero-order chi connectivity index (χ0) is 28.9. The molecule has 0 aliphatic heterocycles. The van der Waals surface area contributed by atoms with Crippen molar-refractivity contribution in [3.8, 4) is 17.3 Å². The van der Waals surface area contributed by atoms with Gasteiger partial charge in [-0.3, -0.25) is 4.79 Å². The molecule has 0 bridgehead atoms. The van der Waals surface area contributed by atoms with Crippen LogP contribution in [0.5, 0.6) is 0 Å². The van der Waals surface area contributed by atoms with Gasteiger partial charge in [-0.1, -0.05) is 42.1 Å². The number of nitrogens with zero attached hydrogens (tertiary/aromatic N) is 4. The number of nitriles is 1. The van der Waals surface area contributed by atoms with Crippen LogP contribution in [0.1, 0.15) is 18.1 Å². The Morgan fingerprint density at radius 1 is 1.02 bits per heavy atom. The van der Waals surface area contributed by atoms with Crippen molar-refractivity contribution in [2.24, 2.45) is 0 Å². The number of carbonyl (C=O) groups is 1. The van der Waals surface area contributed by atoms with Crippen molar-refractivity contribution in [3.63, 3.8) is 0 Å². The number of carbonyl (C=O) groups excluding carboxylic acids is 1. The van der Waals surface area contributed by atoms with Crippen molar-refractivity contribution in [2.45, 2.75) is 28.3 Å². The van der Waals surface area contributed by atoms with E-state index in [-0.39, 0.29) is 27.3 Å². The van der Waals surface area contributed by atoms with Crippen LogP contribution in [-0.2, 0) is 21.0 Å². The first-order chi connectivity index (χ1) is 19.0. The van der Waals surface area contributed by atoms with E-state index < -0.39 is 38.5 Å². The second kappa shape index (κ2) is 11.7. The summed E-state index contributed by atoms with van der Waals surface area (Å²) >= 11 is 0.704. The van der Waals surface area contributed by atoms with Crippen LogP contribution in [0.2, 0.25) is 0 Å². The largest absolute Gasteiger partial charge is 0.417 e. The Kier molecular flexibility index (Phi) is 8.36. The van der Waals surface area contributed by atoms with Crippen LogP contribution < -0.4 is 10.0 Å². The summed E-state index contributed by atoms with van der Waals surface area (Å²) in [5, 5.41) is 10.9. The summed E-state index contributed by atoms with van der Waals surface area (Å²) < 4.78 is 68.7. The number of thioether (sulfide) groups is 1. The van der Waals surface area contributed by atoms with Crippen LogP contribution in [-0.4, -0.2) is 34.5 Å². The van der Waals surface area contributed by atoms with Crippen LogP contribution in [0.3, 0.4) is 0 Å². The molecule has 1 amide bonds. The average Bonchev–Trinajstić information content (AvgIpc) is 2.93. The van der Waals surface area contributed by atoms with Crippen molar-refractivity contribution in [1.29, 1.82) is 5.26 Å². The SMILES string of the molecule is CC(Sc1nc(-c2ccccc2)cc(C(F)(F)F)c1C#N)C(=O)Nc1ccc(S(=O)(=O)Nc2ncccn2)cc1. The molecule has 0 radical (unpaired) electrons. The van der Waals surface area contributed by atoms with Gasteiger partial charge in [0.25, 0.3) is 10.0 Å². The Hall–Kier alpha value is -4.48. The number of aromatic nitrogens is 3. The Balaban J connectivity index is 1.53. The van der Waals surface area contributed by atoms with Crippen LogP contribution in [0.15, 0.2) is 89.0 Å².